The third-order valence-electron chi connectivity index (χ3n) is 11.7. The molecule has 0 aromatic heterocycles. The highest BCUT2D eigenvalue weighted by Gasteiger charge is 2.47. The molecule has 0 aliphatic carbocycles. The van der Waals surface area contributed by atoms with E-state index in [4.69, 9.17) is 28.4 Å². The minimum absolute atomic E-state index is 0.0598. The molecule has 62 heavy (non-hydrogen) atoms. The first-order valence-corrected chi connectivity index (χ1v) is 24.4. The molecule has 11 unspecified atom stereocenters. The van der Waals surface area contributed by atoms with Gasteiger partial charge in [-0.05, 0) is 44.9 Å². The van der Waals surface area contributed by atoms with Crippen molar-refractivity contribution in [2.45, 2.75) is 242 Å². The van der Waals surface area contributed by atoms with Gasteiger partial charge in [0, 0.05) is 13.0 Å². The smallest absolute Gasteiger partial charge is 0.306 e. The quantitative estimate of drug-likeness (QED) is 0.0202. The standard InChI is InChI=1S/C48H88O14/c1-3-5-7-8-9-10-11-12-13-14-15-16-17-18-19-20-21-22-23-24-25-26-27-28-29-30-32-57-34-37(60-40(50)31-6-4-2)35-58-47-46(56)44(54)42(52)39(62-47)36-59-48-45(55)43(53)41(51)38(33-49)61-48/h11-12,14-15,37-39,41-49,51-56H,3-10,13,16-36H2,1-2H3/b12-11-,15-14-. The second kappa shape index (κ2) is 36.7. The number of rotatable bonds is 38. The Bertz CT molecular complexity index is 1120. The number of carbonyl (C=O) groups is 1. The Morgan fingerprint density at radius 3 is 1.53 bits per heavy atom. The summed E-state index contributed by atoms with van der Waals surface area (Å²) in [6, 6.07) is 0. The van der Waals surface area contributed by atoms with E-state index in [1.807, 2.05) is 6.92 Å². The molecule has 0 aromatic rings. The second-order valence-electron chi connectivity index (χ2n) is 17.3. The van der Waals surface area contributed by atoms with Crippen molar-refractivity contribution in [2.75, 3.05) is 33.0 Å². The van der Waals surface area contributed by atoms with Gasteiger partial charge in [-0.15, -0.1) is 0 Å². The molecule has 2 rings (SSSR count). The number of allylic oxidation sites excluding steroid dienone is 4. The minimum Gasteiger partial charge on any atom is -0.457 e. The van der Waals surface area contributed by atoms with Gasteiger partial charge in [-0.1, -0.05) is 147 Å². The van der Waals surface area contributed by atoms with Crippen molar-refractivity contribution in [3.63, 3.8) is 0 Å². The summed E-state index contributed by atoms with van der Waals surface area (Å²) < 4.78 is 33.8. The number of aliphatic hydroxyl groups is 7. The third kappa shape index (κ3) is 24.7. The molecule has 364 valence electrons. The van der Waals surface area contributed by atoms with Crippen molar-refractivity contribution >= 4 is 5.97 Å². The molecule has 11 atom stereocenters. The van der Waals surface area contributed by atoms with E-state index < -0.39 is 86.7 Å². The van der Waals surface area contributed by atoms with Crippen molar-refractivity contribution < 1.29 is 69.0 Å². The van der Waals surface area contributed by atoms with Crippen LogP contribution in [-0.2, 0) is 33.2 Å². The topological polar surface area (TPSA) is 214 Å². The Kier molecular flexibility index (Phi) is 33.5. The van der Waals surface area contributed by atoms with Crippen LogP contribution in [0.25, 0.3) is 0 Å². The van der Waals surface area contributed by atoms with Crippen LogP contribution in [0.4, 0.5) is 0 Å². The highest BCUT2D eigenvalue weighted by Crippen LogP contribution is 2.26. The average molecular weight is 889 g/mol. The molecule has 7 N–H and O–H groups in total. The lowest BCUT2D eigenvalue weighted by Gasteiger charge is -2.42. The lowest BCUT2D eigenvalue weighted by atomic mass is 9.98. The summed E-state index contributed by atoms with van der Waals surface area (Å²) in [4.78, 5) is 12.5. The van der Waals surface area contributed by atoms with E-state index in [9.17, 15) is 40.5 Å². The molecule has 2 fully saturated rings. The summed E-state index contributed by atoms with van der Waals surface area (Å²) >= 11 is 0. The van der Waals surface area contributed by atoms with Gasteiger partial charge in [0.05, 0.1) is 26.4 Å². The normalized spacial score (nSPS) is 27.4. The number of hydrogen-bond donors (Lipinski definition) is 7. The molecule has 0 spiro atoms. The summed E-state index contributed by atoms with van der Waals surface area (Å²) in [5.41, 5.74) is 0. The zero-order valence-corrected chi connectivity index (χ0v) is 38.4. The molecular weight excluding hydrogens is 801 g/mol. The fourth-order valence-electron chi connectivity index (χ4n) is 7.65. The van der Waals surface area contributed by atoms with Crippen LogP contribution in [0.15, 0.2) is 24.3 Å². The maximum atomic E-state index is 12.5. The second-order valence-corrected chi connectivity index (χ2v) is 17.3. The van der Waals surface area contributed by atoms with E-state index in [2.05, 4.69) is 31.2 Å². The van der Waals surface area contributed by atoms with Crippen molar-refractivity contribution in [1.29, 1.82) is 0 Å². The summed E-state index contributed by atoms with van der Waals surface area (Å²) in [5.74, 6) is -0.410. The van der Waals surface area contributed by atoms with Gasteiger partial charge in [0.15, 0.2) is 12.6 Å². The van der Waals surface area contributed by atoms with Gasteiger partial charge >= 0.3 is 5.97 Å². The third-order valence-corrected chi connectivity index (χ3v) is 11.7. The minimum atomic E-state index is -1.70. The molecule has 0 amide bonds. The zero-order valence-electron chi connectivity index (χ0n) is 38.4. The first-order chi connectivity index (χ1) is 30.1. The molecule has 0 radical (unpaired) electrons. The SMILES string of the molecule is CCCCCCC/C=C\C/C=C\CCCCCCCCCCCCCCCCOCC(COC1OC(COC2OC(CO)C(O)C(O)C2O)C(O)C(O)C1O)OC(=O)CCCC. The molecule has 2 saturated heterocycles. The van der Waals surface area contributed by atoms with Crippen LogP contribution in [0.2, 0.25) is 0 Å². The number of unbranched alkanes of at least 4 members (excludes halogenated alkanes) is 20. The zero-order chi connectivity index (χ0) is 45.2. The van der Waals surface area contributed by atoms with E-state index in [0.717, 1.165) is 32.1 Å². The first kappa shape index (κ1) is 56.6. The predicted molar refractivity (Wildman–Crippen MR) is 238 cm³/mol. The van der Waals surface area contributed by atoms with Crippen molar-refractivity contribution in [3.8, 4) is 0 Å². The fraction of sp³-hybridized carbons (Fsp3) is 0.896. The molecule has 0 saturated carbocycles. The summed E-state index contributed by atoms with van der Waals surface area (Å²) in [5, 5.41) is 71.5. The summed E-state index contributed by atoms with van der Waals surface area (Å²) in [6.45, 7) is 3.42. The van der Waals surface area contributed by atoms with Crippen LogP contribution in [-0.4, -0.2) is 142 Å². The van der Waals surface area contributed by atoms with Gasteiger partial charge in [0.1, 0.15) is 54.9 Å². The van der Waals surface area contributed by atoms with E-state index in [1.165, 1.54) is 116 Å². The molecular formula is C48H88O14. The summed E-state index contributed by atoms with van der Waals surface area (Å²) in [7, 11) is 0. The fourth-order valence-corrected chi connectivity index (χ4v) is 7.65. The maximum absolute atomic E-state index is 12.5. The Balaban J connectivity index is 1.55. The summed E-state index contributed by atoms with van der Waals surface area (Å²) in [6.07, 6.45) is 22.6. The average Bonchev–Trinajstić information content (AvgIpc) is 3.27. The molecule has 0 aromatic carbocycles. The highest BCUT2D eigenvalue weighted by molar-refractivity contribution is 5.69. The van der Waals surface area contributed by atoms with Crippen molar-refractivity contribution in [2.24, 2.45) is 0 Å². The molecule has 14 heteroatoms. The predicted octanol–water partition coefficient (Wildman–Crippen LogP) is 6.46. The lowest BCUT2D eigenvalue weighted by Crippen LogP contribution is -2.61. The van der Waals surface area contributed by atoms with Crippen LogP contribution in [0.3, 0.4) is 0 Å². The molecule has 2 aliphatic heterocycles. The van der Waals surface area contributed by atoms with Gasteiger partial charge < -0.3 is 64.2 Å². The van der Waals surface area contributed by atoms with E-state index in [-0.39, 0.29) is 19.6 Å². The number of aliphatic hydroxyl groups excluding tert-OH is 7. The first-order valence-electron chi connectivity index (χ1n) is 24.4. The highest BCUT2D eigenvalue weighted by atomic mass is 16.7. The Labute approximate surface area is 373 Å². The van der Waals surface area contributed by atoms with Gasteiger partial charge in [-0.3, -0.25) is 4.79 Å². The molecule has 0 bridgehead atoms. The van der Waals surface area contributed by atoms with Gasteiger partial charge in [-0.2, -0.15) is 0 Å². The van der Waals surface area contributed by atoms with Gasteiger partial charge in [0.2, 0.25) is 0 Å². The van der Waals surface area contributed by atoms with Crippen LogP contribution in [0.5, 0.6) is 0 Å². The van der Waals surface area contributed by atoms with Crippen LogP contribution in [0, 0.1) is 0 Å². The maximum Gasteiger partial charge on any atom is 0.306 e. The van der Waals surface area contributed by atoms with E-state index in [1.54, 1.807) is 0 Å². The van der Waals surface area contributed by atoms with Gasteiger partial charge in [0.25, 0.3) is 0 Å². The number of esters is 1. The molecule has 14 nitrogen and oxygen atoms in total. The van der Waals surface area contributed by atoms with Crippen LogP contribution < -0.4 is 0 Å². The Hall–Kier alpha value is -1.53. The van der Waals surface area contributed by atoms with E-state index in [0.29, 0.717) is 13.0 Å². The Morgan fingerprint density at radius 1 is 0.532 bits per heavy atom. The largest absolute Gasteiger partial charge is 0.457 e. The number of carbonyl (C=O) groups excluding carboxylic acids is 1. The van der Waals surface area contributed by atoms with Crippen molar-refractivity contribution in [3.05, 3.63) is 24.3 Å². The van der Waals surface area contributed by atoms with Gasteiger partial charge in [-0.25, -0.2) is 0 Å². The van der Waals surface area contributed by atoms with Crippen LogP contribution in [0.1, 0.15) is 174 Å². The molecule has 2 aliphatic rings. The van der Waals surface area contributed by atoms with Crippen molar-refractivity contribution in [1.82, 2.24) is 0 Å². The lowest BCUT2D eigenvalue weighted by molar-refractivity contribution is -0.332. The Morgan fingerprint density at radius 2 is 1.00 bits per heavy atom. The van der Waals surface area contributed by atoms with E-state index >= 15 is 0 Å². The molecule has 2 heterocycles. The van der Waals surface area contributed by atoms with Crippen LogP contribution >= 0.6 is 0 Å². The number of hydrogen-bond acceptors (Lipinski definition) is 14. The monoisotopic (exact) mass is 889 g/mol. The number of ether oxygens (including phenoxy) is 6.